The highest BCUT2D eigenvalue weighted by molar-refractivity contribution is 5.95. The van der Waals surface area contributed by atoms with E-state index in [2.05, 4.69) is 15.2 Å². The fourth-order valence-electron chi connectivity index (χ4n) is 2.33. The minimum atomic E-state index is -0.756. The van der Waals surface area contributed by atoms with Gasteiger partial charge < -0.3 is 16.0 Å². The lowest BCUT2D eigenvalue weighted by Crippen LogP contribution is -2.41. The Kier molecular flexibility index (Phi) is 4.31. The molecule has 1 aliphatic heterocycles. The molecule has 1 fully saturated rings. The molecule has 0 spiro atoms. The standard InChI is InChI=1S/C13H19FN4O/c1-9(8-18-6-2-3-7-18)17-13(19)10-4-5-16-12(15)11(10)14/h4-5,9H,2-3,6-8H2,1H3,(H2,15,16)(H,17,19). The van der Waals surface area contributed by atoms with E-state index in [9.17, 15) is 9.18 Å². The molecule has 0 radical (unpaired) electrons. The number of carbonyl (C=O) groups excluding carboxylic acids is 1. The van der Waals surface area contributed by atoms with Gasteiger partial charge in [0.1, 0.15) is 0 Å². The van der Waals surface area contributed by atoms with E-state index >= 15 is 0 Å². The van der Waals surface area contributed by atoms with Gasteiger partial charge in [-0.3, -0.25) is 4.79 Å². The van der Waals surface area contributed by atoms with Crippen LogP contribution in [0.3, 0.4) is 0 Å². The Morgan fingerprint density at radius 3 is 2.95 bits per heavy atom. The average Bonchev–Trinajstić information content (AvgIpc) is 2.85. The molecule has 0 saturated carbocycles. The molecule has 2 heterocycles. The number of hydrogen-bond donors (Lipinski definition) is 2. The second-order valence-corrected chi connectivity index (χ2v) is 4.94. The summed E-state index contributed by atoms with van der Waals surface area (Å²) in [5.74, 6) is -1.45. The van der Waals surface area contributed by atoms with Gasteiger partial charge in [0.15, 0.2) is 11.6 Å². The largest absolute Gasteiger partial charge is 0.381 e. The zero-order chi connectivity index (χ0) is 13.8. The number of amides is 1. The number of rotatable bonds is 4. The third-order valence-corrected chi connectivity index (χ3v) is 3.27. The molecule has 1 aromatic rings. The van der Waals surface area contributed by atoms with Crippen LogP contribution in [-0.2, 0) is 0 Å². The zero-order valence-electron chi connectivity index (χ0n) is 11.0. The maximum atomic E-state index is 13.6. The highest BCUT2D eigenvalue weighted by Crippen LogP contribution is 2.12. The van der Waals surface area contributed by atoms with Crippen LogP contribution in [0.15, 0.2) is 12.3 Å². The topological polar surface area (TPSA) is 71.2 Å². The first kappa shape index (κ1) is 13.7. The van der Waals surface area contributed by atoms with E-state index in [0.29, 0.717) is 0 Å². The van der Waals surface area contributed by atoms with Crippen LogP contribution in [0.1, 0.15) is 30.1 Å². The van der Waals surface area contributed by atoms with Gasteiger partial charge in [-0.2, -0.15) is 0 Å². The molecule has 1 unspecified atom stereocenters. The fourth-order valence-corrected chi connectivity index (χ4v) is 2.33. The van der Waals surface area contributed by atoms with Crippen LogP contribution in [0.25, 0.3) is 0 Å². The number of nitrogens with one attached hydrogen (secondary N) is 1. The van der Waals surface area contributed by atoms with E-state index in [1.165, 1.54) is 25.1 Å². The number of nitrogens with zero attached hydrogens (tertiary/aromatic N) is 2. The Hall–Kier alpha value is -1.69. The van der Waals surface area contributed by atoms with E-state index in [0.717, 1.165) is 19.6 Å². The van der Waals surface area contributed by atoms with Gasteiger partial charge >= 0.3 is 0 Å². The smallest absolute Gasteiger partial charge is 0.254 e. The number of anilines is 1. The van der Waals surface area contributed by atoms with Gasteiger partial charge in [-0.15, -0.1) is 0 Å². The summed E-state index contributed by atoms with van der Waals surface area (Å²) in [5.41, 5.74) is 5.29. The van der Waals surface area contributed by atoms with Crippen molar-refractivity contribution in [3.05, 3.63) is 23.6 Å². The van der Waals surface area contributed by atoms with Gasteiger partial charge in [0, 0.05) is 18.8 Å². The van der Waals surface area contributed by atoms with E-state index in [1.807, 2.05) is 6.92 Å². The average molecular weight is 266 g/mol. The summed E-state index contributed by atoms with van der Waals surface area (Å²) in [5, 5.41) is 2.79. The van der Waals surface area contributed by atoms with E-state index in [1.54, 1.807) is 0 Å². The molecular weight excluding hydrogens is 247 g/mol. The van der Waals surface area contributed by atoms with Crippen LogP contribution in [-0.4, -0.2) is 41.5 Å². The highest BCUT2D eigenvalue weighted by Gasteiger charge is 2.19. The summed E-state index contributed by atoms with van der Waals surface area (Å²) in [4.78, 5) is 17.8. The Morgan fingerprint density at radius 2 is 2.26 bits per heavy atom. The SMILES string of the molecule is CC(CN1CCCC1)NC(=O)c1ccnc(N)c1F. The fraction of sp³-hybridized carbons (Fsp3) is 0.538. The highest BCUT2D eigenvalue weighted by atomic mass is 19.1. The van der Waals surface area contributed by atoms with Gasteiger partial charge in [-0.05, 0) is 38.9 Å². The van der Waals surface area contributed by atoms with Crippen LogP contribution in [0.5, 0.6) is 0 Å². The maximum absolute atomic E-state index is 13.6. The molecule has 19 heavy (non-hydrogen) atoms. The summed E-state index contributed by atoms with van der Waals surface area (Å²) in [6.45, 7) is 4.83. The summed E-state index contributed by atoms with van der Waals surface area (Å²) in [6, 6.07) is 1.31. The van der Waals surface area contributed by atoms with Crippen LogP contribution in [0.4, 0.5) is 10.2 Å². The van der Waals surface area contributed by atoms with Gasteiger partial charge in [0.05, 0.1) is 5.56 Å². The molecule has 6 heteroatoms. The number of halogens is 1. The quantitative estimate of drug-likeness (QED) is 0.853. The number of aromatic nitrogens is 1. The summed E-state index contributed by atoms with van der Waals surface area (Å²) >= 11 is 0. The molecule has 5 nitrogen and oxygen atoms in total. The summed E-state index contributed by atoms with van der Waals surface area (Å²) in [7, 11) is 0. The first-order valence-electron chi connectivity index (χ1n) is 6.51. The summed E-state index contributed by atoms with van der Waals surface area (Å²) in [6.07, 6.45) is 3.74. The number of carbonyl (C=O) groups is 1. The van der Waals surface area contributed by atoms with Crippen molar-refractivity contribution in [1.82, 2.24) is 15.2 Å². The van der Waals surface area contributed by atoms with Gasteiger partial charge in [0.2, 0.25) is 0 Å². The number of pyridine rings is 1. The van der Waals surface area contributed by atoms with Crippen molar-refractivity contribution >= 4 is 11.7 Å². The van der Waals surface area contributed by atoms with Gasteiger partial charge in [-0.25, -0.2) is 9.37 Å². The number of nitrogens with two attached hydrogens (primary N) is 1. The molecular formula is C13H19FN4O. The maximum Gasteiger partial charge on any atom is 0.254 e. The van der Waals surface area contributed by atoms with Crippen molar-refractivity contribution in [2.45, 2.75) is 25.8 Å². The minimum absolute atomic E-state index is 0.0283. The van der Waals surface area contributed by atoms with Gasteiger partial charge in [-0.1, -0.05) is 0 Å². The Bertz CT molecular complexity index is 460. The normalized spacial score (nSPS) is 17.4. The van der Waals surface area contributed by atoms with Crippen LogP contribution in [0.2, 0.25) is 0 Å². The van der Waals surface area contributed by atoms with E-state index in [-0.39, 0.29) is 17.4 Å². The molecule has 0 aliphatic carbocycles. The first-order chi connectivity index (χ1) is 9.08. The van der Waals surface area contributed by atoms with Crippen LogP contribution in [0, 0.1) is 5.82 Å². The molecule has 0 aromatic carbocycles. The molecule has 1 aromatic heterocycles. The predicted octanol–water partition coefficient (Wildman–Crippen LogP) is 1.02. The number of nitrogen functional groups attached to an aromatic ring is 1. The molecule has 1 atom stereocenters. The van der Waals surface area contributed by atoms with Crippen molar-refractivity contribution in [3.63, 3.8) is 0 Å². The van der Waals surface area contributed by atoms with E-state index in [4.69, 9.17) is 5.73 Å². The second-order valence-electron chi connectivity index (χ2n) is 4.94. The zero-order valence-corrected chi connectivity index (χ0v) is 11.0. The van der Waals surface area contributed by atoms with Crippen molar-refractivity contribution in [3.8, 4) is 0 Å². The monoisotopic (exact) mass is 266 g/mol. The molecule has 1 saturated heterocycles. The summed E-state index contributed by atoms with van der Waals surface area (Å²) < 4.78 is 13.6. The lowest BCUT2D eigenvalue weighted by atomic mass is 10.2. The van der Waals surface area contributed by atoms with Crippen molar-refractivity contribution in [2.75, 3.05) is 25.4 Å². The lowest BCUT2D eigenvalue weighted by Gasteiger charge is -2.21. The molecule has 2 rings (SSSR count). The Balaban J connectivity index is 1.94. The predicted molar refractivity (Wildman–Crippen MR) is 71.2 cm³/mol. The molecule has 0 bridgehead atoms. The van der Waals surface area contributed by atoms with Gasteiger partial charge in [0.25, 0.3) is 5.91 Å². The number of likely N-dealkylation sites (tertiary alicyclic amines) is 1. The van der Waals surface area contributed by atoms with Crippen LogP contribution >= 0.6 is 0 Å². The van der Waals surface area contributed by atoms with Crippen molar-refractivity contribution in [1.29, 1.82) is 0 Å². The first-order valence-corrected chi connectivity index (χ1v) is 6.51. The van der Waals surface area contributed by atoms with Crippen molar-refractivity contribution < 1.29 is 9.18 Å². The lowest BCUT2D eigenvalue weighted by molar-refractivity contribution is 0.0928. The second kappa shape index (κ2) is 5.97. The van der Waals surface area contributed by atoms with E-state index < -0.39 is 11.7 Å². The molecule has 1 aliphatic rings. The third-order valence-electron chi connectivity index (χ3n) is 3.27. The van der Waals surface area contributed by atoms with Crippen molar-refractivity contribution in [2.24, 2.45) is 0 Å². The number of hydrogen-bond acceptors (Lipinski definition) is 4. The molecule has 1 amide bonds. The molecule has 104 valence electrons. The van der Waals surface area contributed by atoms with Crippen LogP contribution < -0.4 is 11.1 Å². The minimum Gasteiger partial charge on any atom is -0.381 e. The Labute approximate surface area is 112 Å². The molecule has 3 N–H and O–H groups in total. The third kappa shape index (κ3) is 3.41. The Morgan fingerprint density at radius 1 is 1.58 bits per heavy atom.